The molecule has 2 rings (SSSR count). The van der Waals surface area contributed by atoms with Gasteiger partial charge in [-0.1, -0.05) is 0 Å². The minimum absolute atomic E-state index is 0.787. The van der Waals surface area contributed by atoms with Gasteiger partial charge in [0, 0.05) is 13.1 Å². The predicted molar refractivity (Wildman–Crippen MR) is 49.8 cm³/mol. The number of hydrogen-bond acceptors (Lipinski definition) is 4. The highest BCUT2D eigenvalue weighted by Crippen LogP contribution is 2.10. The molecule has 0 amide bonds. The van der Waals surface area contributed by atoms with Crippen molar-refractivity contribution in [2.75, 3.05) is 31.2 Å². The topological polar surface area (TPSA) is 38.2 Å². The number of rotatable bonds is 1. The minimum atomic E-state index is 0.787. The Kier molecular flexibility index (Phi) is 2.40. The first-order valence-corrected chi connectivity index (χ1v) is 4.47. The number of ether oxygens (including phenoxy) is 1. The Morgan fingerprint density at radius 3 is 2.62 bits per heavy atom. The van der Waals surface area contributed by atoms with Gasteiger partial charge < -0.3 is 9.64 Å². The van der Waals surface area contributed by atoms with Crippen LogP contribution in [0.3, 0.4) is 0 Å². The number of aromatic nitrogens is 2. The van der Waals surface area contributed by atoms with Gasteiger partial charge in [-0.15, -0.1) is 0 Å². The summed E-state index contributed by atoms with van der Waals surface area (Å²) >= 11 is 0. The fraction of sp³-hybridized carbons (Fsp3) is 0.556. The smallest absolute Gasteiger partial charge is 0.147 e. The van der Waals surface area contributed by atoms with Gasteiger partial charge in [0.1, 0.15) is 5.82 Å². The van der Waals surface area contributed by atoms with Gasteiger partial charge in [-0.3, -0.25) is 4.98 Å². The molecule has 0 aliphatic carbocycles. The molecule has 70 valence electrons. The highest BCUT2D eigenvalue weighted by Gasteiger charge is 2.11. The molecule has 0 bridgehead atoms. The summed E-state index contributed by atoms with van der Waals surface area (Å²) in [6, 6.07) is 0. The van der Waals surface area contributed by atoms with Crippen molar-refractivity contribution >= 4 is 5.82 Å². The van der Waals surface area contributed by atoms with E-state index >= 15 is 0 Å². The van der Waals surface area contributed by atoms with Crippen molar-refractivity contribution in [1.82, 2.24) is 9.97 Å². The van der Waals surface area contributed by atoms with E-state index in [2.05, 4.69) is 14.9 Å². The Labute approximate surface area is 77.6 Å². The van der Waals surface area contributed by atoms with Gasteiger partial charge >= 0.3 is 0 Å². The summed E-state index contributed by atoms with van der Waals surface area (Å²) in [4.78, 5) is 10.7. The van der Waals surface area contributed by atoms with Gasteiger partial charge in [0.2, 0.25) is 0 Å². The molecule has 0 unspecified atom stereocenters. The number of anilines is 1. The number of morpholine rings is 1. The fourth-order valence-electron chi connectivity index (χ4n) is 1.34. The average Bonchev–Trinajstić information content (AvgIpc) is 2.20. The van der Waals surface area contributed by atoms with Crippen LogP contribution in [-0.4, -0.2) is 36.3 Å². The van der Waals surface area contributed by atoms with Crippen molar-refractivity contribution in [2.24, 2.45) is 0 Å². The van der Waals surface area contributed by atoms with Crippen LogP contribution in [0.1, 0.15) is 5.69 Å². The quantitative estimate of drug-likeness (QED) is 0.633. The second kappa shape index (κ2) is 3.70. The molecule has 0 atom stereocenters. The molecule has 13 heavy (non-hydrogen) atoms. The maximum Gasteiger partial charge on any atom is 0.147 e. The SMILES string of the molecule is Cc1cnc(N2CCOCC2)cn1. The molecule has 1 aliphatic rings. The zero-order valence-corrected chi connectivity index (χ0v) is 7.73. The summed E-state index contributed by atoms with van der Waals surface area (Å²) in [6.07, 6.45) is 3.62. The van der Waals surface area contributed by atoms with Crippen LogP contribution in [0.15, 0.2) is 12.4 Å². The third-order valence-corrected chi connectivity index (χ3v) is 2.10. The molecule has 1 aromatic rings. The second-order valence-electron chi connectivity index (χ2n) is 3.12. The van der Waals surface area contributed by atoms with Gasteiger partial charge in [0.05, 0.1) is 31.3 Å². The van der Waals surface area contributed by atoms with Crippen LogP contribution < -0.4 is 4.90 Å². The van der Waals surface area contributed by atoms with E-state index in [0.717, 1.165) is 37.8 Å². The van der Waals surface area contributed by atoms with Gasteiger partial charge in [-0.05, 0) is 6.92 Å². The van der Waals surface area contributed by atoms with Crippen molar-refractivity contribution in [2.45, 2.75) is 6.92 Å². The van der Waals surface area contributed by atoms with Crippen molar-refractivity contribution in [3.63, 3.8) is 0 Å². The summed E-state index contributed by atoms with van der Waals surface area (Å²) in [7, 11) is 0. The van der Waals surface area contributed by atoms with Crippen molar-refractivity contribution in [3.8, 4) is 0 Å². The third kappa shape index (κ3) is 1.95. The molecule has 4 heteroatoms. The first-order valence-electron chi connectivity index (χ1n) is 4.47. The lowest BCUT2D eigenvalue weighted by atomic mass is 10.4. The maximum absolute atomic E-state index is 5.26. The number of nitrogens with zero attached hydrogens (tertiary/aromatic N) is 3. The van der Waals surface area contributed by atoms with Crippen LogP contribution in [0.25, 0.3) is 0 Å². The van der Waals surface area contributed by atoms with Crippen LogP contribution >= 0.6 is 0 Å². The number of hydrogen-bond donors (Lipinski definition) is 0. The molecule has 0 radical (unpaired) electrons. The summed E-state index contributed by atoms with van der Waals surface area (Å²) < 4.78 is 5.26. The van der Waals surface area contributed by atoms with E-state index in [1.165, 1.54) is 0 Å². The molecule has 1 aliphatic heterocycles. The van der Waals surface area contributed by atoms with Crippen LogP contribution in [0.4, 0.5) is 5.82 Å². The highest BCUT2D eigenvalue weighted by molar-refractivity contribution is 5.35. The zero-order valence-electron chi connectivity index (χ0n) is 7.73. The van der Waals surface area contributed by atoms with Gasteiger partial charge in [0.15, 0.2) is 0 Å². The van der Waals surface area contributed by atoms with E-state index in [9.17, 15) is 0 Å². The second-order valence-corrected chi connectivity index (χ2v) is 3.12. The molecule has 0 saturated carbocycles. The van der Waals surface area contributed by atoms with E-state index in [4.69, 9.17) is 4.74 Å². The molecule has 4 nitrogen and oxygen atoms in total. The summed E-state index contributed by atoms with van der Waals surface area (Å²) in [5, 5.41) is 0. The van der Waals surface area contributed by atoms with Crippen LogP contribution in [0.2, 0.25) is 0 Å². The molecule has 0 N–H and O–H groups in total. The molecule has 2 heterocycles. The van der Waals surface area contributed by atoms with Gasteiger partial charge in [-0.2, -0.15) is 0 Å². The third-order valence-electron chi connectivity index (χ3n) is 2.10. The molecule has 0 spiro atoms. The molecule has 1 saturated heterocycles. The normalized spacial score (nSPS) is 17.5. The first kappa shape index (κ1) is 8.44. The highest BCUT2D eigenvalue weighted by atomic mass is 16.5. The van der Waals surface area contributed by atoms with E-state index in [1.54, 1.807) is 6.20 Å². The standard InChI is InChI=1S/C9H13N3O/c1-8-6-11-9(7-10-8)12-2-4-13-5-3-12/h6-7H,2-5H2,1H3. The Bertz CT molecular complexity index is 267. The maximum atomic E-state index is 5.26. The lowest BCUT2D eigenvalue weighted by Crippen LogP contribution is -2.36. The van der Waals surface area contributed by atoms with Gasteiger partial charge in [-0.25, -0.2) is 4.98 Å². The molecular weight excluding hydrogens is 166 g/mol. The molecular formula is C9H13N3O. The van der Waals surface area contributed by atoms with Crippen LogP contribution in [-0.2, 0) is 4.74 Å². The largest absolute Gasteiger partial charge is 0.378 e. The Hall–Kier alpha value is -1.16. The lowest BCUT2D eigenvalue weighted by molar-refractivity contribution is 0.122. The van der Waals surface area contributed by atoms with E-state index in [0.29, 0.717) is 0 Å². The minimum Gasteiger partial charge on any atom is -0.378 e. The molecule has 1 aromatic heterocycles. The Morgan fingerprint density at radius 2 is 2.00 bits per heavy atom. The fourth-order valence-corrected chi connectivity index (χ4v) is 1.34. The monoisotopic (exact) mass is 179 g/mol. The summed E-state index contributed by atoms with van der Waals surface area (Å²) in [6.45, 7) is 5.34. The van der Waals surface area contributed by atoms with E-state index < -0.39 is 0 Å². The summed E-state index contributed by atoms with van der Waals surface area (Å²) in [5.74, 6) is 0.953. The lowest BCUT2D eigenvalue weighted by Gasteiger charge is -2.27. The zero-order chi connectivity index (χ0) is 9.10. The van der Waals surface area contributed by atoms with E-state index in [-0.39, 0.29) is 0 Å². The molecule has 1 fully saturated rings. The van der Waals surface area contributed by atoms with Crippen molar-refractivity contribution in [1.29, 1.82) is 0 Å². The van der Waals surface area contributed by atoms with Crippen molar-refractivity contribution in [3.05, 3.63) is 18.1 Å². The number of aryl methyl sites for hydroxylation is 1. The first-order chi connectivity index (χ1) is 6.36. The average molecular weight is 179 g/mol. The predicted octanol–water partition coefficient (Wildman–Crippen LogP) is 0.622. The Balaban J connectivity index is 2.10. The van der Waals surface area contributed by atoms with Crippen LogP contribution in [0, 0.1) is 6.92 Å². The van der Waals surface area contributed by atoms with Crippen LogP contribution in [0.5, 0.6) is 0 Å². The summed E-state index contributed by atoms with van der Waals surface area (Å²) in [5.41, 5.74) is 0.956. The molecule has 0 aromatic carbocycles. The van der Waals surface area contributed by atoms with Gasteiger partial charge in [0.25, 0.3) is 0 Å². The van der Waals surface area contributed by atoms with Crippen molar-refractivity contribution < 1.29 is 4.74 Å². The Morgan fingerprint density at radius 1 is 1.23 bits per heavy atom. The van der Waals surface area contributed by atoms with E-state index in [1.807, 2.05) is 13.1 Å².